The van der Waals surface area contributed by atoms with Gasteiger partial charge >= 0.3 is 0 Å². The molecule has 31 heavy (non-hydrogen) atoms. The van der Waals surface area contributed by atoms with Gasteiger partial charge < -0.3 is 20.4 Å². The van der Waals surface area contributed by atoms with Gasteiger partial charge in [-0.3, -0.25) is 0 Å². The van der Waals surface area contributed by atoms with Crippen molar-refractivity contribution in [3.8, 4) is 0 Å². The van der Waals surface area contributed by atoms with E-state index in [1.165, 1.54) is 31.3 Å². The summed E-state index contributed by atoms with van der Waals surface area (Å²) in [7, 11) is 0. The third kappa shape index (κ3) is 5.52. The lowest BCUT2D eigenvalue weighted by Crippen LogP contribution is -2.36. The predicted molar refractivity (Wildman–Crippen MR) is 125 cm³/mol. The largest absolute Gasteiger partial charge is 0.393 e. The number of fused-ring (bicyclic) bond motifs is 1. The van der Waals surface area contributed by atoms with Gasteiger partial charge in [0.1, 0.15) is 0 Å². The number of rotatable bonds is 7. The fourth-order valence-electron chi connectivity index (χ4n) is 6.76. The van der Waals surface area contributed by atoms with Gasteiger partial charge in [-0.15, -0.1) is 0 Å². The summed E-state index contributed by atoms with van der Waals surface area (Å²) < 4.78 is 0. The molecule has 4 nitrogen and oxygen atoms in total. The van der Waals surface area contributed by atoms with Crippen molar-refractivity contribution in [2.45, 2.75) is 103 Å². The van der Waals surface area contributed by atoms with E-state index in [0.29, 0.717) is 42.4 Å². The van der Waals surface area contributed by atoms with E-state index in [2.05, 4.69) is 32.6 Å². The van der Waals surface area contributed by atoms with Crippen LogP contribution in [0.4, 0.5) is 0 Å². The molecule has 3 rings (SSSR count). The minimum absolute atomic E-state index is 0.172. The van der Waals surface area contributed by atoms with E-state index in [1.54, 1.807) is 6.92 Å². The SMILES string of the molecule is C=C1/C(=C\C=C2CCC[C@@]3(C)C2CC[C@@H]3[C@H](C)CCC[C@](C)(O)CO)C[C@@H](O)CC1O. The minimum atomic E-state index is -0.958. The zero-order chi connectivity index (χ0) is 22.8. The van der Waals surface area contributed by atoms with Gasteiger partial charge in [0.15, 0.2) is 0 Å². The second-order valence-corrected chi connectivity index (χ2v) is 11.2. The monoisotopic (exact) mass is 432 g/mol. The molecule has 3 saturated carbocycles. The Kier molecular flexibility index (Phi) is 7.89. The Balaban J connectivity index is 1.68. The maximum Gasteiger partial charge on any atom is 0.0849 e. The van der Waals surface area contributed by atoms with Gasteiger partial charge in [0.2, 0.25) is 0 Å². The first-order valence-electron chi connectivity index (χ1n) is 12.4. The predicted octanol–water partition coefficient (Wildman–Crippen LogP) is 4.68. The molecule has 0 aliphatic heterocycles. The van der Waals surface area contributed by atoms with Crippen LogP contribution in [0.25, 0.3) is 0 Å². The van der Waals surface area contributed by atoms with E-state index >= 15 is 0 Å². The zero-order valence-corrected chi connectivity index (χ0v) is 19.8. The summed E-state index contributed by atoms with van der Waals surface area (Å²) >= 11 is 0. The molecule has 176 valence electrons. The Morgan fingerprint density at radius 1 is 1.26 bits per heavy atom. The maximum absolute atomic E-state index is 10.1. The highest BCUT2D eigenvalue weighted by molar-refractivity contribution is 5.38. The highest BCUT2D eigenvalue weighted by Crippen LogP contribution is 2.60. The van der Waals surface area contributed by atoms with Crippen molar-refractivity contribution in [1.29, 1.82) is 0 Å². The molecule has 4 heteroatoms. The molecule has 0 aromatic rings. The van der Waals surface area contributed by atoms with Gasteiger partial charge in [0.25, 0.3) is 0 Å². The Hall–Kier alpha value is -0.940. The number of hydrogen-bond acceptors (Lipinski definition) is 4. The van der Waals surface area contributed by atoms with Crippen molar-refractivity contribution < 1.29 is 20.4 Å². The van der Waals surface area contributed by atoms with Gasteiger partial charge in [0.05, 0.1) is 24.4 Å². The molecule has 3 aliphatic carbocycles. The molecular formula is C27H44O4. The van der Waals surface area contributed by atoms with E-state index in [1.807, 2.05) is 0 Å². The molecule has 7 atom stereocenters. The average Bonchev–Trinajstić information content (AvgIpc) is 3.07. The first-order chi connectivity index (χ1) is 14.6. The second kappa shape index (κ2) is 9.91. The van der Waals surface area contributed by atoms with E-state index in [-0.39, 0.29) is 6.61 Å². The lowest BCUT2D eigenvalue weighted by atomic mass is 9.60. The smallest absolute Gasteiger partial charge is 0.0849 e. The molecule has 4 N–H and O–H groups in total. The van der Waals surface area contributed by atoms with Crippen LogP contribution in [0.15, 0.2) is 35.5 Å². The van der Waals surface area contributed by atoms with Crippen molar-refractivity contribution in [2.24, 2.45) is 23.2 Å². The molecule has 0 bridgehead atoms. The van der Waals surface area contributed by atoms with E-state index in [9.17, 15) is 20.4 Å². The summed E-state index contributed by atoms with van der Waals surface area (Å²) in [5, 5.41) is 39.5. The second-order valence-electron chi connectivity index (χ2n) is 11.2. The van der Waals surface area contributed by atoms with Crippen LogP contribution in [0.3, 0.4) is 0 Å². The van der Waals surface area contributed by atoms with Crippen molar-refractivity contribution in [2.75, 3.05) is 6.61 Å². The maximum atomic E-state index is 10.1. The summed E-state index contributed by atoms with van der Waals surface area (Å²) in [5.41, 5.74) is 2.65. The Morgan fingerprint density at radius 3 is 2.71 bits per heavy atom. The fourth-order valence-corrected chi connectivity index (χ4v) is 6.76. The van der Waals surface area contributed by atoms with Crippen LogP contribution in [0.5, 0.6) is 0 Å². The highest BCUT2D eigenvalue weighted by atomic mass is 16.3. The first-order valence-corrected chi connectivity index (χ1v) is 12.4. The molecule has 0 heterocycles. The standard InChI is InChI=1S/C27H44O4/c1-18(7-5-13-26(3,31)17-28)23-11-12-24-20(8-6-14-27(23,24)4)9-10-21-15-22(29)16-25(30)19(21)2/h9-10,18,22-25,28-31H,2,5-8,11-17H2,1,3-4H3/b20-9?,21-10-/t18-,22-,23-,24?,25?,26+,27-/m1/s1. The molecule has 3 aliphatic rings. The number of allylic oxidation sites excluding steroid dienone is 3. The molecule has 0 aromatic heterocycles. The van der Waals surface area contributed by atoms with Crippen molar-refractivity contribution in [3.05, 3.63) is 35.5 Å². The van der Waals surface area contributed by atoms with Crippen LogP contribution in [-0.2, 0) is 0 Å². The van der Waals surface area contributed by atoms with Crippen molar-refractivity contribution >= 4 is 0 Å². The van der Waals surface area contributed by atoms with Gasteiger partial charge in [-0.25, -0.2) is 0 Å². The third-order valence-electron chi connectivity index (χ3n) is 8.70. The van der Waals surface area contributed by atoms with Crippen LogP contribution in [0.2, 0.25) is 0 Å². The van der Waals surface area contributed by atoms with Gasteiger partial charge in [-0.1, -0.05) is 51.0 Å². The number of hydrogen-bond donors (Lipinski definition) is 4. The average molecular weight is 433 g/mol. The minimum Gasteiger partial charge on any atom is -0.393 e. The molecule has 0 amide bonds. The Labute approximate surface area is 188 Å². The fraction of sp³-hybridized carbons (Fsp3) is 0.778. The van der Waals surface area contributed by atoms with Gasteiger partial charge in [0, 0.05) is 6.42 Å². The Morgan fingerprint density at radius 2 is 2.00 bits per heavy atom. The van der Waals surface area contributed by atoms with Crippen LogP contribution < -0.4 is 0 Å². The van der Waals surface area contributed by atoms with Gasteiger partial charge in [-0.05, 0) is 86.2 Å². The van der Waals surface area contributed by atoms with Crippen molar-refractivity contribution in [3.63, 3.8) is 0 Å². The summed E-state index contributed by atoms with van der Waals surface area (Å²) in [6.45, 7) is 10.5. The third-order valence-corrected chi connectivity index (χ3v) is 8.70. The number of aliphatic hydroxyl groups is 4. The molecule has 3 fully saturated rings. The summed E-state index contributed by atoms with van der Waals surface area (Å²) in [5.74, 6) is 1.92. The van der Waals surface area contributed by atoms with Crippen LogP contribution in [-0.4, -0.2) is 44.8 Å². The lowest BCUT2D eigenvalue weighted by molar-refractivity contribution is -0.00891. The van der Waals surface area contributed by atoms with Crippen molar-refractivity contribution in [1.82, 2.24) is 0 Å². The molecule has 0 saturated heterocycles. The Bertz CT molecular complexity index is 706. The molecule has 0 radical (unpaired) electrons. The molecule has 0 spiro atoms. The quantitative estimate of drug-likeness (QED) is 0.471. The summed E-state index contributed by atoms with van der Waals surface area (Å²) in [6, 6.07) is 0. The van der Waals surface area contributed by atoms with E-state index in [4.69, 9.17) is 0 Å². The van der Waals surface area contributed by atoms with Crippen LogP contribution in [0, 0.1) is 23.2 Å². The topological polar surface area (TPSA) is 80.9 Å². The molecule has 0 aromatic carbocycles. The molecular weight excluding hydrogens is 388 g/mol. The van der Waals surface area contributed by atoms with E-state index in [0.717, 1.165) is 30.4 Å². The number of aliphatic hydroxyl groups excluding tert-OH is 3. The normalized spacial score (nSPS) is 39.5. The molecule has 2 unspecified atom stereocenters. The highest BCUT2D eigenvalue weighted by Gasteiger charge is 2.50. The van der Waals surface area contributed by atoms with Gasteiger partial charge in [-0.2, -0.15) is 0 Å². The van der Waals surface area contributed by atoms with Crippen LogP contribution >= 0.6 is 0 Å². The zero-order valence-electron chi connectivity index (χ0n) is 19.8. The lowest BCUT2D eigenvalue weighted by Gasteiger charge is -2.44. The summed E-state index contributed by atoms with van der Waals surface area (Å²) in [4.78, 5) is 0. The summed E-state index contributed by atoms with van der Waals surface area (Å²) in [6.07, 6.45) is 13.1. The first kappa shape index (κ1) is 24.7. The van der Waals surface area contributed by atoms with E-state index < -0.39 is 17.8 Å². The van der Waals surface area contributed by atoms with Crippen LogP contribution in [0.1, 0.15) is 85.0 Å².